The van der Waals surface area contributed by atoms with Gasteiger partial charge in [0.1, 0.15) is 24.4 Å². The topological polar surface area (TPSA) is 128 Å². The molecule has 128 valence electrons. The van der Waals surface area contributed by atoms with Crippen LogP contribution in [0.3, 0.4) is 0 Å². The van der Waals surface area contributed by atoms with Crippen LogP contribution < -0.4 is 5.32 Å². The number of hydrogen-bond acceptors (Lipinski definition) is 7. The lowest BCUT2D eigenvalue weighted by Crippen LogP contribution is -2.59. The van der Waals surface area contributed by atoms with Crippen LogP contribution in [0.4, 0.5) is 10.5 Å². The van der Waals surface area contributed by atoms with Gasteiger partial charge in [-0.05, 0) is 24.1 Å². The zero-order valence-corrected chi connectivity index (χ0v) is 12.6. The largest absolute Gasteiger partial charge is 0.416 e. The third kappa shape index (κ3) is 4.18. The highest BCUT2D eigenvalue weighted by Gasteiger charge is 2.45. The van der Waals surface area contributed by atoms with E-state index in [2.05, 4.69) is 5.32 Å². The third-order valence-electron chi connectivity index (χ3n) is 3.68. The van der Waals surface area contributed by atoms with Crippen molar-refractivity contribution < 1.29 is 34.7 Å². The molecule has 1 aliphatic heterocycles. The Balaban J connectivity index is 1.95. The first-order valence-electron chi connectivity index (χ1n) is 7.33. The molecule has 23 heavy (non-hydrogen) atoms. The van der Waals surface area contributed by atoms with Crippen molar-refractivity contribution in [3.63, 3.8) is 0 Å². The molecule has 1 amide bonds. The van der Waals surface area contributed by atoms with E-state index in [1.165, 1.54) is 0 Å². The summed E-state index contributed by atoms with van der Waals surface area (Å²) in [6, 6.07) is 7.10. The van der Waals surface area contributed by atoms with Crippen LogP contribution in [-0.2, 0) is 15.9 Å². The lowest BCUT2D eigenvalue weighted by Gasteiger charge is -2.39. The Morgan fingerprint density at radius 1 is 1.17 bits per heavy atom. The van der Waals surface area contributed by atoms with Crippen LogP contribution in [0.1, 0.15) is 12.5 Å². The number of carbonyl (C=O) groups excluding carboxylic acids is 1. The van der Waals surface area contributed by atoms with Gasteiger partial charge in [0.15, 0.2) is 0 Å². The van der Waals surface area contributed by atoms with Crippen LogP contribution in [0.25, 0.3) is 0 Å². The van der Waals surface area contributed by atoms with Crippen LogP contribution in [0.5, 0.6) is 0 Å². The number of aliphatic hydroxyl groups is 4. The monoisotopic (exact) mass is 327 g/mol. The highest BCUT2D eigenvalue weighted by atomic mass is 16.7. The summed E-state index contributed by atoms with van der Waals surface area (Å²) >= 11 is 0. The lowest BCUT2D eigenvalue weighted by atomic mass is 9.99. The van der Waals surface area contributed by atoms with E-state index in [0.29, 0.717) is 5.69 Å². The van der Waals surface area contributed by atoms with E-state index in [9.17, 15) is 20.1 Å². The van der Waals surface area contributed by atoms with Crippen molar-refractivity contribution in [3.8, 4) is 0 Å². The van der Waals surface area contributed by atoms with Gasteiger partial charge in [-0.25, -0.2) is 4.79 Å². The first-order chi connectivity index (χ1) is 11.0. The minimum atomic E-state index is -1.62. The molecule has 1 saturated heterocycles. The average molecular weight is 327 g/mol. The van der Waals surface area contributed by atoms with Gasteiger partial charge in [-0.1, -0.05) is 19.1 Å². The van der Waals surface area contributed by atoms with Crippen LogP contribution >= 0.6 is 0 Å². The van der Waals surface area contributed by atoms with Crippen molar-refractivity contribution in [2.45, 2.75) is 44.1 Å². The molecule has 2 rings (SSSR count). The Kier molecular flexibility index (Phi) is 5.91. The first-order valence-corrected chi connectivity index (χ1v) is 7.33. The highest BCUT2D eigenvalue weighted by molar-refractivity contribution is 5.84. The van der Waals surface area contributed by atoms with Crippen molar-refractivity contribution in [1.82, 2.24) is 0 Å². The Bertz CT molecular complexity index is 519. The molecule has 5 atom stereocenters. The predicted octanol–water partition coefficient (Wildman–Crippen LogP) is -0.403. The van der Waals surface area contributed by atoms with E-state index in [-0.39, 0.29) is 0 Å². The Labute approximate surface area is 133 Å². The van der Waals surface area contributed by atoms with Crippen molar-refractivity contribution >= 4 is 11.8 Å². The first kappa shape index (κ1) is 17.6. The summed E-state index contributed by atoms with van der Waals surface area (Å²) in [7, 11) is 0. The van der Waals surface area contributed by atoms with Crippen molar-refractivity contribution in [2.24, 2.45) is 0 Å². The Morgan fingerprint density at radius 3 is 2.39 bits per heavy atom. The quantitative estimate of drug-likeness (QED) is 0.509. The van der Waals surface area contributed by atoms with Gasteiger partial charge in [0, 0.05) is 5.69 Å². The molecule has 0 saturated carbocycles. The molecular formula is C15H21NO7. The number of carbonyl (C=O) groups is 1. The van der Waals surface area contributed by atoms with E-state index in [1.54, 1.807) is 12.1 Å². The summed E-state index contributed by atoms with van der Waals surface area (Å²) in [6.07, 6.45) is -7.37. The van der Waals surface area contributed by atoms with Crippen LogP contribution in [0.2, 0.25) is 0 Å². The molecule has 0 spiro atoms. The lowest BCUT2D eigenvalue weighted by molar-refractivity contribution is -0.283. The molecule has 1 aliphatic rings. The molecule has 0 aliphatic carbocycles. The highest BCUT2D eigenvalue weighted by Crippen LogP contribution is 2.22. The van der Waals surface area contributed by atoms with Gasteiger partial charge in [-0.2, -0.15) is 0 Å². The Morgan fingerprint density at radius 2 is 1.83 bits per heavy atom. The molecule has 5 unspecified atom stereocenters. The molecule has 1 fully saturated rings. The molecule has 5 N–H and O–H groups in total. The van der Waals surface area contributed by atoms with E-state index >= 15 is 0 Å². The van der Waals surface area contributed by atoms with E-state index in [1.807, 2.05) is 19.1 Å². The fourth-order valence-corrected chi connectivity index (χ4v) is 2.24. The molecular weight excluding hydrogens is 306 g/mol. The zero-order chi connectivity index (χ0) is 17.0. The minimum Gasteiger partial charge on any atom is -0.416 e. The number of nitrogens with one attached hydrogen (secondary N) is 1. The summed E-state index contributed by atoms with van der Waals surface area (Å²) in [6.45, 7) is 1.42. The van der Waals surface area contributed by atoms with Crippen molar-refractivity contribution in [2.75, 3.05) is 11.9 Å². The van der Waals surface area contributed by atoms with Crippen molar-refractivity contribution in [1.29, 1.82) is 0 Å². The number of rotatable bonds is 4. The maximum absolute atomic E-state index is 11.8. The average Bonchev–Trinajstić information content (AvgIpc) is 2.56. The number of benzene rings is 1. The number of hydrogen-bond donors (Lipinski definition) is 5. The summed E-state index contributed by atoms with van der Waals surface area (Å²) in [5, 5.41) is 40.6. The zero-order valence-electron chi connectivity index (χ0n) is 12.6. The van der Waals surface area contributed by atoms with Crippen LogP contribution in [0, 0.1) is 0 Å². The van der Waals surface area contributed by atoms with E-state index in [4.69, 9.17) is 14.6 Å². The second kappa shape index (κ2) is 7.71. The van der Waals surface area contributed by atoms with Gasteiger partial charge in [-0.15, -0.1) is 0 Å². The standard InChI is InChI=1S/C15H21NO7/c1-2-8-3-5-9(6-4-8)16-15(21)23-14-13(20)12(19)11(18)10(7-17)22-14/h3-6,10-14,17-20H,2,7H2,1H3,(H,16,21). The molecule has 0 radical (unpaired) electrons. The summed E-state index contributed by atoms with van der Waals surface area (Å²) in [5.41, 5.74) is 1.61. The van der Waals surface area contributed by atoms with E-state index < -0.39 is 43.4 Å². The SMILES string of the molecule is CCc1ccc(NC(=O)OC2OC(CO)C(O)C(O)C2O)cc1. The molecule has 1 aromatic carbocycles. The molecule has 8 nitrogen and oxygen atoms in total. The maximum atomic E-state index is 11.8. The maximum Gasteiger partial charge on any atom is 0.414 e. The number of aliphatic hydroxyl groups excluding tert-OH is 4. The molecule has 0 bridgehead atoms. The van der Waals surface area contributed by atoms with Crippen LogP contribution in [0.15, 0.2) is 24.3 Å². The van der Waals surface area contributed by atoms with Crippen LogP contribution in [-0.4, -0.2) is 63.8 Å². The summed E-state index contributed by atoms with van der Waals surface area (Å²) < 4.78 is 9.99. The van der Waals surface area contributed by atoms with Gasteiger partial charge in [0.05, 0.1) is 6.61 Å². The second-order valence-corrected chi connectivity index (χ2v) is 5.28. The van der Waals surface area contributed by atoms with Gasteiger partial charge < -0.3 is 29.9 Å². The van der Waals surface area contributed by atoms with Gasteiger partial charge >= 0.3 is 6.09 Å². The smallest absolute Gasteiger partial charge is 0.414 e. The number of anilines is 1. The minimum absolute atomic E-state index is 0.497. The predicted molar refractivity (Wildman–Crippen MR) is 79.7 cm³/mol. The van der Waals surface area contributed by atoms with Gasteiger partial charge in [-0.3, -0.25) is 5.32 Å². The Hall–Kier alpha value is -1.71. The van der Waals surface area contributed by atoms with E-state index in [0.717, 1.165) is 12.0 Å². The summed E-state index contributed by atoms with van der Waals surface area (Å²) in [4.78, 5) is 11.8. The number of aryl methyl sites for hydroxylation is 1. The fourth-order valence-electron chi connectivity index (χ4n) is 2.24. The third-order valence-corrected chi connectivity index (χ3v) is 3.68. The molecule has 0 aromatic heterocycles. The second-order valence-electron chi connectivity index (χ2n) is 5.28. The van der Waals surface area contributed by atoms with Gasteiger partial charge in [0.2, 0.25) is 6.29 Å². The molecule has 1 aromatic rings. The molecule has 8 heteroatoms. The normalized spacial score (nSPS) is 30.7. The van der Waals surface area contributed by atoms with Crippen molar-refractivity contribution in [3.05, 3.63) is 29.8 Å². The van der Waals surface area contributed by atoms with Gasteiger partial charge in [0.25, 0.3) is 0 Å². The summed E-state index contributed by atoms with van der Waals surface area (Å²) in [5.74, 6) is 0. The number of amides is 1. The number of ether oxygens (including phenoxy) is 2. The fraction of sp³-hybridized carbons (Fsp3) is 0.533. The molecule has 1 heterocycles.